The van der Waals surface area contributed by atoms with Gasteiger partial charge in [0.15, 0.2) is 0 Å². The van der Waals surface area contributed by atoms with Gasteiger partial charge < -0.3 is 4.74 Å². The molecule has 0 N–H and O–H groups in total. The Labute approximate surface area is 67.3 Å². The van der Waals surface area contributed by atoms with Gasteiger partial charge in [0.25, 0.3) is 0 Å². The Hall–Kier alpha value is -0.427. The Balaban J connectivity index is 0. The second kappa shape index (κ2) is 7.57. The van der Waals surface area contributed by atoms with Crippen molar-refractivity contribution in [1.29, 1.82) is 0 Å². The van der Waals surface area contributed by atoms with E-state index in [0.717, 1.165) is 6.08 Å². The summed E-state index contributed by atoms with van der Waals surface area (Å²) in [6.07, 6.45) is 4.05. The van der Waals surface area contributed by atoms with Crippen molar-refractivity contribution in [3.8, 4) is 0 Å². The molecule has 0 aliphatic rings. The molecule has 0 unspecified atom stereocenters. The van der Waals surface area contributed by atoms with Crippen LogP contribution in [-0.2, 0) is 29.0 Å². The zero-order chi connectivity index (χ0) is 6.41. The number of carbonyl (C=O) groups is 1. The first-order valence-corrected chi connectivity index (χ1v) is 2.25. The van der Waals surface area contributed by atoms with Gasteiger partial charge >= 0.3 is 5.97 Å². The Bertz CT molecular complexity index is 118. The average Bonchev–Trinajstić information content (AvgIpc) is 1.83. The van der Waals surface area contributed by atoms with Crippen LogP contribution in [0.4, 0.5) is 0 Å². The topological polar surface area (TPSA) is 26.3 Å². The van der Waals surface area contributed by atoms with Gasteiger partial charge in [0.1, 0.15) is 0 Å². The molecule has 0 aromatic heterocycles. The van der Waals surface area contributed by atoms with Crippen LogP contribution in [0.5, 0.6) is 0 Å². The van der Waals surface area contributed by atoms with E-state index in [2.05, 4.69) is 11.3 Å². The van der Waals surface area contributed by atoms with Gasteiger partial charge in [-0.1, -0.05) is 12.7 Å². The van der Waals surface area contributed by atoms with Crippen LogP contribution in [0.25, 0.3) is 0 Å². The third-order valence-corrected chi connectivity index (χ3v) is 0.487. The van der Waals surface area contributed by atoms with Gasteiger partial charge in [-0.3, -0.25) is 0 Å². The van der Waals surface area contributed by atoms with Crippen molar-refractivity contribution >= 4 is 5.97 Å². The van der Waals surface area contributed by atoms with E-state index in [1.165, 1.54) is 6.26 Å². The minimum Gasteiger partial charge on any atom is -0.432 e. The van der Waals surface area contributed by atoms with Crippen LogP contribution in [0.3, 0.4) is 0 Å². The van der Waals surface area contributed by atoms with Crippen LogP contribution < -0.4 is 0 Å². The predicted molar refractivity (Wildman–Crippen MR) is 31.1 cm³/mol. The largest absolute Gasteiger partial charge is 0.432 e. The molecule has 0 saturated carbocycles. The minimum absolute atomic E-state index is 0. The fourth-order valence-electron chi connectivity index (χ4n) is 0.183. The summed E-state index contributed by atoms with van der Waals surface area (Å²) in [6, 6.07) is 0. The van der Waals surface area contributed by atoms with Crippen LogP contribution in [0.1, 0.15) is 6.92 Å². The first-order chi connectivity index (χ1) is 3.81. The zero-order valence-corrected chi connectivity index (χ0v) is 8.43. The van der Waals surface area contributed by atoms with Gasteiger partial charge in [-0.15, -0.1) is 0 Å². The predicted octanol–water partition coefficient (Wildman–Crippen LogP) is 1.25. The molecule has 3 heteroatoms. The van der Waals surface area contributed by atoms with Crippen LogP contribution in [0.2, 0.25) is 0 Å². The van der Waals surface area contributed by atoms with Crippen molar-refractivity contribution in [2.45, 2.75) is 6.92 Å². The second-order valence-corrected chi connectivity index (χ2v) is 1.11. The van der Waals surface area contributed by atoms with Gasteiger partial charge in [-0.2, -0.15) is 0 Å². The molecule has 0 aliphatic carbocycles. The fourth-order valence-corrected chi connectivity index (χ4v) is 0.183. The van der Waals surface area contributed by atoms with Gasteiger partial charge in [0, 0.05) is 25.6 Å². The summed E-state index contributed by atoms with van der Waals surface area (Å²) < 4.78 is 4.40. The monoisotopic (exact) mass is 176 g/mol. The average molecular weight is 178 g/mol. The third kappa shape index (κ3) is 7.57. The molecule has 0 rings (SSSR count). The first-order valence-electron chi connectivity index (χ1n) is 2.25. The molecule has 0 radical (unpaired) electrons. The van der Waals surface area contributed by atoms with E-state index in [1.807, 2.05) is 0 Å². The minimum atomic E-state index is -0.428. The molecular formula is C6H8O2Zn. The molecule has 0 amide bonds. The molecule has 46 valence electrons. The quantitative estimate of drug-likeness (QED) is 0.275. The number of hydrogen-bond donors (Lipinski definition) is 0. The molecule has 0 atom stereocenters. The standard InChI is InChI=1S/C6H8O2.Zn/c1-3-5-8-6(7)4-2;/h3-5H,2H2,1H3;. The molecule has 0 saturated heterocycles. The van der Waals surface area contributed by atoms with Crippen LogP contribution >= 0.6 is 0 Å². The number of hydrogen-bond acceptors (Lipinski definition) is 2. The number of ether oxygens (including phenoxy) is 1. The van der Waals surface area contributed by atoms with Gasteiger partial charge in [-0.25, -0.2) is 4.79 Å². The van der Waals surface area contributed by atoms with E-state index in [9.17, 15) is 4.79 Å². The van der Waals surface area contributed by atoms with E-state index in [0.29, 0.717) is 0 Å². The van der Waals surface area contributed by atoms with Crippen molar-refractivity contribution in [2.24, 2.45) is 0 Å². The van der Waals surface area contributed by atoms with Crippen LogP contribution in [-0.4, -0.2) is 5.97 Å². The molecule has 0 aromatic rings. The normalized spacial score (nSPS) is 8.11. The van der Waals surface area contributed by atoms with Gasteiger partial charge in [-0.05, 0) is 6.92 Å². The maximum atomic E-state index is 10.2. The van der Waals surface area contributed by atoms with Crippen molar-refractivity contribution < 1.29 is 29.0 Å². The van der Waals surface area contributed by atoms with Crippen molar-refractivity contribution in [1.82, 2.24) is 0 Å². The van der Waals surface area contributed by atoms with Crippen molar-refractivity contribution in [3.63, 3.8) is 0 Å². The zero-order valence-electron chi connectivity index (χ0n) is 5.46. The molecule has 0 spiro atoms. The summed E-state index contributed by atoms with van der Waals surface area (Å²) in [4.78, 5) is 10.2. The van der Waals surface area contributed by atoms with Crippen LogP contribution in [0.15, 0.2) is 25.0 Å². The summed E-state index contributed by atoms with van der Waals surface area (Å²) in [6.45, 7) is 4.97. The maximum absolute atomic E-state index is 10.2. The first kappa shape index (κ1) is 11.4. The molecule has 0 aromatic carbocycles. The summed E-state index contributed by atoms with van der Waals surface area (Å²) in [7, 11) is 0. The van der Waals surface area contributed by atoms with E-state index in [1.54, 1.807) is 13.0 Å². The maximum Gasteiger partial charge on any atom is 0.334 e. The van der Waals surface area contributed by atoms with Crippen molar-refractivity contribution in [3.05, 3.63) is 25.0 Å². The number of esters is 1. The Morgan fingerprint density at radius 1 is 1.67 bits per heavy atom. The van der Waals surface area contributed by atoms with Crippen molar-refractivity contribution in [2.75, 3.05) is 0 Å². The summed E-state index contributed by atoms with van der Waals surface area (Å²) in [5.74, 6) is -0.428. The van der Waals surface area contributed by atoms with Gasteiger partial charge in [0.05, 0.1) is 6.26 Å². The SMILES string of the molecule is C=CC(=O)OC=CC.[Zn]. The molecule has 0 fully saturated rings. The second-order valence-electron chi connectivity index (χ2n) is 1.11. The summed E-state index contributed by atoms with van der Waals surface area (Å²) in [5.41, 5.74) is 0. The number of rotatable bonds is 2. The molecule has 0 heterocycles. The molecule has 0 aliphatic heterocycles. The molecule has 0 bridgehead atoms. The van der Waals surface area contributed by atoms with Gasteiger partial charge in [0.2, 0.25) is 0 Å². The Kier molecular flexibility index (Phi) is 9.58. The molecular weight excluding hydrogens is 169 g/mol. The number of carbonyl (C=O) groups excluding carboxylic acids is 1. The number of allylic oxidation sites excluding steroid dienone is 1. The van der Waals surface area contributed by atoms with E-state index in [4.69, 9.17) is 0 Å². The summed E-state index contributed by atoms with van der Waals surface area (Å²) >= 11 is 0. The van der Waals surface area contributed by atoms with E-state index >= 15 is 0 Å². The fraction of sp³-hybridized carbons (Fsp3) is 0.167. The Morgan fingerprint density at radius 3 is 2.56 bits per heavy atom. The summed E-state index contributed by atoms with van der Waals surface area (Å²) in [5, 5.41) is 0. The third-order valence-electron chi connectivity index (χ3n) is 0.487. The van der Waals surface area contributed by atoms with E-state index in [-0.39, 0.29) is 19.5 Å². The smallest absolute Gasteiger partial charge is 0.334 e. The molecule has 2 nitrogen and oxygen atoms in total. The molecule has 9 heavy (non-hydrogen) atoms. The van der Waals surface area contributed by atoms with Crippen LogP contribution in [0, 0.1) is 0 Å². The Morgan fingerprint density at radius 2 is 2.22 bits per heavy atom. The van der Waals surface area contributed by atoms with E-state index < -0.39 is 5.97 Å².